The first-order chi connectivity index (χ1) is 16.9. The molecule has 3 heterocycles. The lowest BCUT2D eigenvalue weighted by Gasteiger charge is -2.47. The largest absolute Gasteiger partial charge is 0.362 e. The summed E-state index contributed by atoms with van der Waals surface area (Å²) in [6.45, 7) is 4.88. The fraction of sp³-hybridized carbons (Fsp3) is 0.654. The minimum Gasteiger partial charge on any atom is -0.362 e. The Balaban J connectivity index is 1.06. The zero-order valence-electron chi connectivity index (χ0n) is 20.4. The van der Waals surface area contributed by atoms with Gasteiger partial charge in [-0.3, -0.25) is 14.5 Å². The smallest absolute Gasteiger partial charge is 0.270 e. The maximum atomic E-state index is 13.8. The highest BCUT2D eigenvalue weighted by molar-refractivity contribution is 5.91. The van der Waals surface area contributed by atoms with Crippen molar-refractivity contribution in [3.8, 4) is 0 Å². The van der Waals surface area contributed by atoms with Crippen LogP contribution in [0.3, 0.4) is 0 Å². The standard InChI is InChI=1S/C26H35F2N5O2/c1-26(27,28)19-4-9-24-23(13-19)25(31-17-30-24)29-14-22(34)12-18-15-32(16-18)20-5-7-21(8-6-20)33-10-2-3-11-35-33/h4,9,13,17-18,20-21H,2-3,5-8,10-12,14-16H2,1H3,(H,29,30,31). The normalized spacial score (nSPS) is 24.9. The molecule has 0 spiro atoms. The van der Waals surface area contributed by atoms with E-state index in [2.05, 4.69) is 25.2 Å². The molecule has 2 saturated heterocycles. The Morgan fingerprint density at radius 1 is 1.14 bits per heavy atom. The van der Waals surface area contributed by atoms with Crippen LogP contribution in [0.2, 0.25) is 0 Å². The molecule has 7 nitrogen and oxygen atoms in total. The van der Waals surface area contributed by atoms with E-state index in [1.54, 1.807) is 6.07 Å². The van der Waals surface area contributed by atoms with Gasteiger partial charge in [0.15, 0.2) is 5.78 Å². The second-order valence-corrected chi connectivity index (χ2v) is 10.4. The van der Waals surface area contributed by atoms with E-state index in [1.165, 1.54) is 57.0 Å². The van der Waals surface area contributed by atoms with Gasteiger partial charge in [0.25, 0.3) is 5.92 Å². The second-order valence-electron chi connectivity index (χ2n) is 10.4. The summed E-state index contributed by atoms with van der Waals surface area (Å²) in [5.74, 6) is -2.03. The molecule has 0 bridgehead atoms. The monoisotopic (exact) mass is 487 g/mol. The van der Waals surface area contributed by atoms with Crippen LogP contribution < -0.4 is 5.32 Å². The molecule has 1 aromatic carbocycles. The van der Waals surface area contributed by atoms with E-state index in [-0.39, 0.29) is 17.9 Å². The Morgan fingerprint density at radius 2 is 1.91 bits per heavy atom. The molecule has 1 aromatic heterocycles. The average Bonchev–Trinajstić information content (AvgIpc) is 2.84. The summed E-state index contributed by atoms with van der Waals surface area (Å²) in [6.07, 6.45) is 9.10. The highest BCUT2D eigenvalue weighted by atomic mass is 19.3. The minimum atomic E-state index is -2.95. The number of nitrogens with one attached hydrogen (secondary N) is 1. The van der Waals surface area contributed by atoms with Crippen molar-refractivity contribution in [2.24, 2.45) is 5.92 Å². The lowest BCUT2D eigenvalue weighted by Crippen LogP contribution is -2.54. The van der Waals surface area contributed by atoms with E-state index < -0.39 is 5.92 Å². The van der Waals surface area contributed by atoms with Crippen LogP contribution in [0.5, 0.6) is 0 Å². The Hall–Kier alpha value is -2.23. The number of alkyl halides is 2. The number of fused-ring (bicyclic) bond motifs is 1. The summed E-state index contributed by atoms with van der Waals surface area (Å²) < 4.78 is 27.5. The summed E-state index contributed by atoms with van der Waals surface area (Å²) in [5.41, 5.74) is 0.473. The number of hydrogen-bond acceptors (Lipinski definition) is 7. The lowest BCUT2D eigenvalue weighted by atomic mass is 9.85. The molecule has 5 rings (SSSR count). The van der Waals surface area contributed by atoms with Crippen molar-refractivity contribution in [3.63, 3.8) is 0 Å². The number of aromatic nitrogens is 2. The fourth-order valence-corrected chi connectivity index (χ4v) is 5.70. The number of anilines is 1. The number of halogens is 2. The van der Waals surface area contributed by atoms with Crippen molar-refractivity contribution in [2.45, 2.75) is 69.9 Å². The van der Waals surface area contributed by atoms with Crippen molar-refractivity contribution in [2.75, 3.05) is 38.1 Å². The van der Waals surface area contributed by atoms with Gasteiger partial charge in [0.05, 0.1) is 18.7 Å². The molecular formula is C26H35F2N5O2. The zero-order chi connectivity index (χ0) is 24.4. The molecule has 0 unspecified atom stereocenters. The highest BCUT2D eigenvalue weighted by Crippen LogP contribution is 2.33. The van der Waals surface area contributed by atoms with Crippen molar-refractivity contribution >= 4 is 22.5 Å². The van der Waals surface area contributed by atoms with E-state index in [9.17, 15) is 13.6 Å². The van der Waals surface area contributed by atoms with E-state index in [1.807, 2.05) is 0 Å². The predicted octanol–water partition coefficient (Wildman–Crippen LogP) is 4.38. The minimum absolute atomic E-state index is 0.0961. The third-order valence-electron chi connectivity index (χ3n) is 7.72. The van der Waals surface area contributed by atoms with Crippen LogP contribution in [0.25, 0.3) is 10.9 Å². The van der Waals surface area contributed by atoms with Crippen molar-refractivity contribution in [3.05, 3.63) is 30.1 Å². The first-order valence-electron chi connectivity index (χ1n) is 12.9. The van der Waals surface area contributed by atoms with Gasteiger partial charge in [0.1, 0.15) is 12.1 Å². The summed E-state index contributed by atoms with van der Waals surface area (Å²) in [6, 6.07) is 5.53. The average molecular weight is 488 g/mol. The number of hydroxylamine groups is 2. The van der Waals surface area contributed by atoms with Crippen LogP contribution in [0.15, 0.2) is 24.5 Å². The van der Waals surface area contributed by atoms with Gasteiger partial charge in [-0.2, -0.15) is 5.06 Å². The number of benzene rings is 1. The molecule has 0 atom stereocenters. The van der Waals surface area contributed by atoms with E-state index in [0.29, 0.717) is 41.1 Å². The number of nitrogens with zero attached hydrogens (tertiary/aromatic N) is 4. The number of likely N-dealkylation sites (tertiary alicyclic amines) is 1. The SMILES string of the molecule is CC(F)(F)c1ccc2ncnc(NCC(=O)CC3CN(C4CCC(N5CCCCO5)CC4)C3)c2c1. The second kappa shape index (κ2) is 10.4. The molecule has 2 aromatic rings. The van der Waals surface area contributed by atoms with Gasteiger partial charge >= 0.3 is 0 Å². The van der Waals surface area contributed by atoms with Crippen LogP contribution in [-0.2, 0) is 15.6 Å². The van der Waals surface area contributed by atoms with Crippen molar-refractivity contribution in [1.29, 1.82) is 0 Å². The molecule has 1 N–H and O–H groups in total. The number of hydrogen-bond donors (Lipinski definition) is 1. The fourth-order valence-electron chi connectivity index (χ4n) is 5.70. The number of carbonyl (C=O) groups is 1. The molecular weight excluding hydrogens is 452 g/mol. The first-order valence-corrected chi connectivity index (χ1v) is 12.9. The third kappa shape index (κ3) is 5.78. The molecule has 9 heteroatoms. The Labute approximate surface area is 205 Å². The summed E-state index contributed by atoms with van der Waals surface area (Å²) >= 11 is 0. The van der Waals surface area contributed by atoms with Crippen LogP contribution >= 0.6 is 0 Å². The first kappa shape index (κ1) is 24.5. The molecule has 35 heavy (non-hydrogen) atoms. The molecule has 3 fully saturated rings. The molecule has 3 aliphatic rings. The van der Waals surface area contributed by atoms with E-state index in [0.717, 1.165) is 33.2 Å². The Bertz CT molecular complexity index is 1030. The maximum absolute atomic E-state index is 13.8. The zero-order valence-corrected chi connectivity index (χ0v) is 20.4. The number of carbonyl (C=O) groups excluding carboxylic acids is 1. The van der Waals surface area contributed by atoms with E-state index in [4.69, 9.17) is 4.84 Å². The summed E-state index contributed by atoms with van der Waals surface area (Å²) in [5, 5.41) is 5.78. The molecule has 2 aliphatic heterocycles. The highest BCUT2D eigenvalue weighted by Gasteiger charge is 2.36. The van der Waals surface area contributed by atoms with Crippen LogP contribution in [-0.4, -0.2) is 70.6 Å². The van der Waals surface area contributed by atoms with Gasteiger partial charge in [-0.15, -0.1) is 0 Å². The van der Waals surface area contributed by atoms with Gasteiger partial charge in [0, 0.05) is 56.0 Å². The summed E-state index contributed by atoms with van der Waals surface area (Å²) in [7, 11) is 0. The van der Waals surface area contributed by atoms with E-state index >= 15 is 0 Å². The van der Waals surface area contributed by atoms with Gasteiger partial charge in [-0.1, -0.05) is 6.07 Å². The third-order valence-corrected chi connectivity index (χ3v) is 7.72. The molecule has 1 saturated carbocycles. The van der Waals surface area contributed by atoms with Gasteiger partial charge < -0.3 is 5.32 Å². The summed E-state index contributed by atoms with van der Waals surface area (Å²) in [4.78, 5) is 29.3. The topological polar surface area (TPSA) is 70.6 Å². The lowest BCUT2D eigenvalue weighted by molar-refractivity contribution is -0.213. The quantitative estimate of drug-likeness (QED) is 0.592. The van der Waals surface area contributed by atoms with Crippen LogP contribution in [0.4, 0.5) is 14.6 Å². The van der Waals surface area contributed by atoms with Gasteiger partial charge in [0.2, 0.25) is 0 Å². The van der Waals surface area contributed by atoms with Gasteiger partial charge in [-0.25, -0.2) is 18.7 Å². The number of rotatable bonds is 8. The Kier molecular flexibility index (Phi) is 7.27. The number of ketones is 1. The van der Waals surface area contributed by atoms with Crippen LogP contribution in [0.1, 0.15) is 57.4 Å². The molecule has 0 amide bonds. The van der Waals surface area contributed by atoms with Crippen molar-refractivity contribution in [1.82, 2.24) is 19.9 Å². The molecule has 1 aliphatic carbocycles. The maximum Gasteiger partial charge on any atom is 0.270 e. The number of Topliss-reactive ketones (excluding diaryl/α,β-unsaturated/α-hetero) is 1. The molecule has 190 valence electrons. The molecule has 0 radical (unpaired) electrons. The van der Waals surface area contributed by atoms with Crippen LogP contribution in [0, 0.1) is 5.92 Å². The van der Waals surface area contributed by atoms with Gasteiger partial charge in [-0.05, 0) is 56.6 Å². The Morgan fingerprint density at radius 3 is 2.63 bits per heavy atom. The predicted molar refractivity (Wildman–Crippen MR) is 130 cm³/mol. The van der Waals surface area contributed by atoms with Crippen molar-refractivity contribution < 1.29 is 18.4 Å².